The van der Waals surface area contributed by atoms with E-state index in [1.54, 1.807) is 0 Å². The van der Waals surface area contributed by atoms with Gasteiger partial charge < -0.3 is 14.6 Å². The van der Waals surface area contributed by atoms with Gasteiger partial charge in [0.05, 0.1) is 5.69 Å². The van der Waals surface area contributed by atoms with Gasteiger partial charge in [-0.1, -0.05) is 190 Å². The quantitative estimate of drug-likeness (QED) is 0.154. The molecule has 0 saturated heterocycles. The molecule has 0 atom stereocenters. The molecule has 3 nitrogen and oxygen atoms in total. The molecule has 0 radical (unpaired) electrons. The van der Waals surface area contributed by atoms with Crippen LogP contribution in [0.5, 0.6) is 0 Å². The van der Waals surface area contributed by atoms with Crippen LogP contribution in [-0.2, 0) is 16.2 Å². The minimum Gasteiger partial charge on any atom is -0.376 e. The maximum Gasteiger partial charge on any atom is 0.333 e. The largest absolute Gasteiger partial charge is 0.376 e. The van der Waals surface area contributed by atoms with Crippen molar-refractivity contribution in [3.63, 3.8) is 0 Å². The molecule has 10 aromatic rings. The number of rotatable bonds is 6. The maximum atomic E-state index is 2.67. The molecule has 0 spiro atoms. The summed E-state index contributed by atoms with van der Waals surface area (Å²) in [6.45, 7) is 22.8. The van der Waals surface area contributed by atoms with E-state index in [2.05, 4.69) is 290 Å². The van der Waals surface area contributed by atoms with Crippen molar-refractivity contribution >= 4 is 84.8 Å². The monoisotopic (exact) mass is 946 g/mol. The Kier molecular flexibility index (Phi) is 10.9. The molecule has 2 aliphatic heterocycles. The third-order valence-corrected chi connectivity index (χ3v) is 15.6. The van der Waals surface area contributed by atoms with Crippen LogP contribution >= 0.6 is 0 Å². The van der Waals surface area contributed by atoms with E-state index in [1.807, 2.05) is 0 Å². The molecule has 0 amide bonds. The van der Waals surface area contributed by atoms with E-state index in [4.69, 9.17) is 0 Å². The highest BCUT2D eigenvalue weighted by Gasteiger charge is 2.47. The Balaban J connectivity index is 1.18. The highest BCUT2D eigenvalue weighted by Crippen LogP contribution is 2.52. The highest BCUT2D eigenvalue weighted by molar-refractivity contribution is 6.94. The second-order valence-corrected chi connectivity index (χ2v) is 23.5. The predicted molar refractivity (Wildman–Crippen MR) is 316 cm³/mol. The minimum absolute atomic E-state index is 0.00755. The van der Waals surface area contributed by atoms with Crippen LogP contribution in [0, 0.1) is 6.92 Å². The van der Waals surface area contributed by atoms with Crippen LogP contribution in [0.15, 0.2) is 206 Å². The Morgan fingerprint density at radius 2 is 0.932 bits per heavy atom. The van der Waals surface area contributed by atoms with Gasteiger partial charge in [0.1, 0.15) is 0 Å². The molecular formula is C69H64BN3. The molecule has 358 valence electrons. The van der Waals surface area contributed by atoms with Gasteiger partial charge in [-0.05, 0) is 168 Å². The predicted octanol–water partition coefficient (Wildman–Crippen LogP) is 18.0. The Bertz CT molecular complexity index is 3680. The molecule has 0 bridgehead atoms. The molecule has 2 aliphatic rings. The smallest absolute Gasteiger partial charge is 0.333 e. The van der Waals surface area contributed by atoms with Crippen molar-refractivity contribution in [2.24, 2.45) is 0 Å². The molecule has 12 rings (SSSR count). The van der Waals surface area contributed by atoms with Gasteiger partial charge in [-0.25, -0.2) is 0 Å². The number of benzene rings is 10. The molecule has 2 heterocycles. The molecule has 4 heteroatoms. The van der Waals surface area contributed by atoms with Crippen molar-refractivity contribution in [1.29, 1.82) is 0 Å². The fourth-order valence-electron chi connectivity index (χ4n) is 11.6. The average molecular weight is 946 g/mol. The lowest BCUT2D eigenvalue weighted by molar-refractivity contribution is 0.590. The average Bonchev–Trinajstić information content (AvgIpc) is 3.39. The number of hydrogen-bond acceptors (Lipinski definition) is 3. The third-order valence-electron chi connectivity index (χ3n) is 15.6. The van der Waals surface area contributed by atoms with Gasteiger partial charge in [0, 0.05) is 50.8 Å². The zero-order valence-corrected chi connectivity index (χ0v) is 44.0. The van der Waals surface area contributed by atoms with Crippen molar-refractivity contribution in [2.45, 2.75) is 85.5 Å². The lowest BCUT2D eigenvalue weighted by atomic mass is 9.43. The van der Waals surface area contributed by atoms with Crippen molar-refractivity contribution in [3.8, 4) is 22.3 Å². The number of anilines is 8. The molecule has 0 saturated carbocycles. The summed E-state index contributed by atoms with van der Waals surface area (Å²) in [7, 11) is 0. The van der Waals surface area contributed by atoms with Crippen LogP contribution < -0.4 is 25.5 Å². The van der Waals surface area contributed by atoms with E-state index in [9.17, 15) is 0 Å². The zero-order chi connectivity index (χ0) is 50.6. The summed E-state index contributed by atoms with van der Waals surface area (Å²) in [6.07, 6.45) is 0. The lowest BCUT2D eigenvalue weighted by Gasteiger charge is -2.47. The first-order valence-corrected chi connectivity index (χ1v) is 26.1. The molecule has 0 fully saturated rings. The summed E-state index contributed by atoms with van der Waals surface area (Å²) in [4.78, 5) is 7.74. The van der Waals surface area contributed by atoms with Crippen molar-refractivity contribution in [2.75, 3.05) is 14.6 Å². The first kappa shape index (κ1) is 46.3. The first-order valence-electron chi connectivity index (χ1n) is 26.1. The Morgan fingerprint density at radius 1 is 0.411 bits per heavy atom. The van der Waals surface area contributed by atoms with Crippen LogP contribution in [0.3, 0.4) is 0 Å². The maximum absolute atomic E-state index is 2.67. The van der Waals surface area contributed by atoms with Crippen molar-refractivity contribution in [1.82, 2.24) is 0 Å². The van der Waals surface area contributed by atoms with Gasteiger partial charge in [-0.15, -0.1) is 0 Å². The summed E-state index contributed by atoms with van der Waals surface area (Å²) >= 11 is 0. The second-order valence-electron chi connectivity index (χ2n) is 23.5. The first-order chi connectivity index (χ1) is 35.0. The van der Waals surface area contributed by atoms with Crippen LogP contribution in [0.1, 0.15) is 84.6 Å². The van der Waals surface area contributed by atoms with Gasteiger partial charge in [0.25, 0.3) is 0 Å². The molecular weight excluding hydrogens is 882 g/mol. The summed E-state index contributed by atoms with van der Waals surface area (Å²) in [5, 5.41) is 4.95. The normalized spacial score (nSPS) is 13.3. The van der Waals surface area contributed by atoms with E-state index in [1.165, 1.54) is 105 Å². The lowest BCUT2D eigenvalue weighted by Crippen LogP contribution is -2.61. The van der Waals surface area contributed by atoms with E-state index in [0.29, 0.717) is 0 Å². The summed E-state index contributed by atoms with van der Waals surface area (Å²) in [5.41, 5.74) is 22.1. The van der Waals surface area contributed by atoms with E-state index >= 15 is 0 Å². The van der Waals surface area contributed by atoms with Gasteiger partial charge >= 0.3 is 6.85 Å². The molecule has 0 aliphatic carbocycles. The van der Waals surface area contributed by atoms with Gasteiger partial charge in [-0.3, -0.25) is 0 Å². The fraction of sp³-hybridized carbons (Fsp3) is 0.188. The zero-order valence-electron chi connectivity index (χ0n) is 44.0. The van der Waals surface area contributed by atoms with E-state index in [-0.39, 0.29) is 23.1 Å². The Labute approximate surface area is 433 Å². The molecule has 10 aromatic carbocycles. The topological polar surface area (TPSA) is 9.72 Å². The van der Waals surface area contributed by atoms with Crippen LogP contribution in [-0.4, -0.2) is 6.85 Å². The number of fused-ring (bicyclic) bond motifs is 8. The molecule has 0 unspecified atom stereocenters. The molecule has 73 heavy (non-hydrogen) atoms. The van der Waals surface area contributed by atoms with Crippen LogP contribution in [0.4, 0.5) is 45.5 Å². The standard InChI is InChI=1S/C69H64BN3/c1-45-42-48(46-18-12-11-13-19-46)25-39-61(45)72-62-41-38-56(71(53-32-26-50(27-33-53)67(2,3)4)54-34-28-51(29-35-54)68(5,6)7)44-60(62)70-65-59(43-49-21-15-17-23-58(49)66(65)72)64-57-22-16-14-20-47(57)24-40-63(64)73(70)55-36-30-52(31-37-55)69(8,9)10/h11-44H,1-10H3. The van der Waals surface area contributed by atoms with Gasteiger partial charge in [0.15, 0.2) is 0 Å². The van der Waals surface area contributed by atoms with Gasteiger partial charge in [-0.2, -0.15) is 0 Å². The Morgan fingerprint density at radius 3 is 1.53 bits per heavy atom. The van der Waals surface area contributed by atoms with Crippen LogP contribution in [0.2, 0.25) is 0 Å². The van der Waals surface area contributed by atoms with Crippen LogP contribution in [0.25, 0.3) is 43.8 Å². The summed E-state index contributed by atoms with van der Waals surface area (Å²) < 4.78 is 0. The summed E-state index contributed by atoms with van der Waals surface area (Å²) in [5.74, 6) is 0. The third kappa shape index (κ3) is 7.91. The number of hydrogen-bond donors (Lipinski definition) is 0. The molecule has 0 aromatic heterocycles. The highest BCUT2D eigenvalue weighted by atomic mass is 15.2. The van der Waals surface area contributed by atoms with E-state index in [0.717, 1.165) is 17.1 Å². The second kappa shape index (κ2) is 17.2. The van der Waals surface area contributed by atoms with Crippen molar-refractivity contribution in [3.05, 3.63) is 229 Å². The number of aryl methyl sites for hydroxylation is 1. The molecule has 0 N–H and O–H groups in total. The van der Waals surface area contributed by atoms with E-state index < -0.39 is 0 Å². The van der Waals surface area contributed by atoms with Gasteiger partial charge in [0.2, 0.25) is 0 Å². The number of nitrogens with zero attached hydrogens (tertiary/aromatic N) is 3. The Hall–Kier alpha value is -7.82. The minimum atomic E-state index is -0.188. The summed E-state index contributed by atoms with van der Waals surface area (Å²) in [6, 6.07) is 78.2. The fourth-order valence-corrected chi connectivity index (χ4v) is 11.6. The van der Waals surface area contributed by atoms with Crippen molar-refractivity contribution < 1.29 is 0 Å². The SMILES string of the molecule is Cc1cc(-c2ccccc2)ccc1N1c2ccc(N(c3ccc(C(C)(C)C)cc3)c3ccc(C(C)(C)C)cc3)cc2B2c3c(cc4ccccc4c31)-c1c(ccc3ccccc13)N2c1ccc(C(C)(C)C)cc1.